The Morgan fingerprint density at radius 2 is 1.02 bits per heavy atom. The van der Waals surface area contributed by atoms with Gasteiger partial charge in [0, 0.05) is 74.2 Å². The standard InChI is InChI=1S/C56H37N5S/c1-3-13-36(14-4-1)50-33-51(37-15-5-2-6-16-37)61-55(60-50)39-24-26-44-43-25-23-38(42-27-28-49(40-17-11-29-57-34-40)59-54(42)41-18-12-30-58-35-41)31-47(43)56(48(44)32-39)45-19-7-9-21-52(45)62-53-22-10-8-20-46(53)56/h1-35,45,52H. The molecule has 292 valence electrons. The highest BCUT2D eigenvalue weighted by Gasteiger charge is 2.55. The summed E-state index contributed by atoms with van der Waals surface area (Å²) in [5, 5.41) is 0.231. The normalized spacial score (nSPS) is 17.9. The van der Waals surface area contributed by atoms with E-state index in [0.717, 1.165) is 61.7 Å². The molecule has 3 atom stereocenters. The van der Waals surface area contributed by atoms with E-state index < -0.39 is 5.41 Å². The smallest absolute Gasteiger partial charge is 0.160 e. The molecule has 4 aromatic heterocycles. The van der Waals surface area contributed by atoms with Crippen LogP contribution < -0.4 is 0 Å². The number of hydrogen-bond donors (Lipinski definition) is 0. The fourth-order valence-corrected chi connectivity index (χ4v) is 11.2. The molecule has 3 unspecified atom stereocenters. The average molecular weight is 812 g/mol. The number of allylic oxidation sites excluding steroid dienone is 3. The van der Waals surface area contributed by atoms with Gasteiger partial charge < -0.3 is 0 Å². The third-order valence-electron chi connectivity index (χ3n) is 12.6. The van der Waals surface area contributed by atoms with Gasteiger partial charge in [0.2, 0.25) is 0 Å². The van der Waals surface area contributed by atoms with Gasteiger partial charge in [-0.25, -0.2) is 15.0 Å². The van der Waals surface area contributed by atoms with Gasteiger partial charge >= 0.3 is 0 Å². The SMILES string of the molecule is C1=CC2Sc3ccccc3C3(c4cc(-c5nc(-c6ccccc6)cc(-c6ccccc6)n5)ccc4-c4ccc(-c5ccc(-c6cccnc6)nc5-c5cccnc5)cc43)C2C=C1. The van der Waals surface area contributed by atoms with Crippen molar-refractivity contribution >= 4 is 11.8 Å². The van der Waals surface area contributed by atoms with Crippen LogP contribution in [0.15, 0.2) is 218 Å². The van der Waals surface area contributed by atoms with Crippen LogP contribution in [0.1, 0.15) is 16.7 Å². The third kappa shape index (κ3) is 5.90. The van der Waals surface area contributed by atoms with E-state index in [4.69, 9.17) is 15.0 Å². The maximum absolute atomic E-state index is 5.31. The minimum absolute atomic E-state index is 0.137. The highest BCUT2D eigenvalue weighted by molar-refractivity contribution is 8.00. The molecule has 0 radical (unpaired) electrons. The lowest BCUT2D eigenvalue weighted by molar-refractivity contribution is 0.450. The lowest BCUT2D eigenvalue weighted by Crippen LogP contribution is -2.43. The summed E-state index contributed by atoms with van der Waals surface area (Å²) in [6, 6.07) is 58.4. The fourth-order valence-electron chi connectivity index (χ4n) is 9.80. The molecule has 1 spiro atoms. The van der Waals surface area contributed by atoms with E-state index in [2.05, 4.69) is 174 Å². The van der Waals surface area contributed by atoms with Crippen LogP contribution in [-0.2, 0) is 5.41 Å². The number of benzene rings is 5. The summed E-state index contributed by atoms with van der Waals surface area (Å²) in [6.45, 7) is 0. The van der Waals surface area contributed by atoms with Crippen molar-refractivity contribution in [3.8, 4) is 78.7 Å². The summed E-state index contributed by atoms with van der Waals surface area (Å²) in [5.41, 5.74) is 16.6. The van der Waals surface area contributed by atoms with E-state index in [1.54, 1.807) is 6.20 Å². The second kappa shape index (κ2) is 14.9. The molecule has 0 amide bonds. The Morgan fingerprint density at radius 1 is 0.419 bits per heavy atom. The molecule has 9 aromatic rings. The highest BCUT2D eigenvalue weighted by Crippen LogP contribution is 2.64. The van der Waals surface area contributed by atoms with Crippen molar-refractivity contribution in [3.05, 3.63) is 230 Å². The van der Waals surface area contributed by atoms with Gasteiger partial charge in [0.05, 0.1) is 28.2 Å². The van der Waals surface area contributed by atoms with E-state index in [-0.39, 0.29) is 11.2 Å². The summed E-state index contributed by atoms with van der Waals surface area (Å²) in [5.74, 6) is 0.841. The van der Waals surface area contributed by atoms with Gasteiger partial charge in [0.1, 0.15) is 0 Å². The lowest BCUT2D eigenvalue weighted by atomic mass is 9.61. The summed E-state index contributed by atoms with van der Waals surface area (Å²) in [7, 11) is 0. The van der Waals surface area contributed by atoms with Crippen molar-refractivity contribution in [1.82, 2.24) is 24.9 Å². The number of aromatic nitrogens is 5. The molecule has 0 N–H and O–H groups in total. The van der Waals surface area contributed by atoms with Gasteiger partial charge in [-0.05, 0) is 88.0 Å². The number of pyridine rings is 3. The Balaban J connectivity index is 1.10. The summed E-state index contributed by atoms with van der Waals surface area (Å²) in [4.78, 5) is 26.1. The lowest BCUT2D eigenvalue weighted by Gasteiger charge is -2.47. The maximum Gasteiger partial charge on any atom is 0.160 e. The first-order valence-corrected chi connectivity index (χ1v) is 21.8. The Labute approximate surface area is 364 Å². The molecule has 3 aliphatic rings. The van der Waals surface area contributed by atoms with Gasteiger partial charge in [0.25, 0.3) is 0 Å². The second-order valence-electron chi connectivity index (χ2n) is 16.0. The zero-order valence-corrected chi connectivity index (χ0v) is 34.3. The van der Waals surface area contributed by atoms with Crippen LogP contribution in [0.25, 0.3) is 78.7 Å². The van der Waals surface area contributed by atoms with Crippen LogP contribution in [0.5, 0.6) is 0 Å². The van der Waals surface area contributed by atoms with Crippen molar-refractivity contribution in [2.45, 2.75) is 15.6 Å². The molecule has 62 heavy (non-hydrogen) atoms. The monoisotopic (exact) mass is 811 g/mol. The van der Waals surface area contributed by atoms with E-state index in [1.807, 2.05) is 54.6 Å². The number of thioether (sulfide) groups is 1. The van der Waals surface area contributed by atoms with Crippen molar-refractivity contribution in [2.24, 2.45) is 5.92 Å². The number of nitrogens with zero attached hydrogens (tertiary/aromatic N) is 5. The minimum atomic E-state index is -0.513. The summed E-state index contributed by atoms with van der Waals surface area (Å²) < 4.78 is 0. The van der Waals surface area contributed by atoms with Gasteiger partial charge in [-0.15, -0.1) is 11.8 Å². The average Bonchev–Trinajstić information content (AvgIpc) is 3.64. The van der Waals surface area contributed by atoms with Gasteiger partial charge in [-0.3, -0.25) is 9.97 Å². The molecular weight excluding hydrogens is 775 g/mol. The summed E-state index contributed by atoms with van der Waals surface area (Å²) in [6.07, 6.45) is 16.7. The van der Waals surface area contributed by atoms with Crippen molar-refractivity contribution in [2.75, 3.05) is 0 Å². The first kappa shape index (κ1) is 36.3. The van der Waals surface area contributed by atoms with Crippen LogP contribution in [0.4, 0.5) is 0 Å². The molecule has 5 nitrogen and oxygen atoms in total. The number of fused-ring (bicyclic) bond motifs is 9. The Morgan fingerprint density at radius 3 is 1.71 bits per heavy atom. The molecular formula is C56H37N5S. The number of rotatable bonds is 6. The zero-order chi connectivity index (χ0) is 41.0. The van der Waals surface area contributed by atoms with Gasteiger partial charge in [-0.2, -0.15) is 0 Å². The van der Waals surface area contributed by atoms with Gasteiger partial charge in [-0.1, -0.05) is 133 Å². The Bertz CT molecular complexity index is 3170. The van der Waals surface area contributed by atoms with Crippen LogP contribution in [0, 0.1) is 5.92 Å². The molecule has 0 saturated heterocycles. The number of hydrogen-bond acceptors (Lipinski definition) is 6. The van der Waals surface area contributed by atoms with Crippen molar-refractivity contribution in [1.29, 1.82) is 0 Å². The molecule has 5 heterocycles. The zero-order valence-electron chi connectivity index (χ0n) is 33.5. The summed E-state index contributed by atoms with van der Waals surface area (Å²) >= 11 is 1.97. The topological polar surface area (TPSA) is 64.5 Å². The highest BCUT2D eigenvalue weighted by atomic mass is 32.2. The first-order chi connectivity index (χ1) is 30.7. The first-order valence-electron chi connectivity index (χ1n) is 21.0. The maximum atomic E-state index is 5.31. The molecule has 6 heteroatoms. The van der Waals surface area contributed by atoms with Crippen LogP contribution in [0.2, 0.25) is 0 Å². The van der Waals surface area contributed by atoms with E-state index in [9.17, 15) is 0 Å². The Kier molecular flexibility index (Phi) is 8.71. The van der Waals surface area contributed by atoms with E-state index >= 15 is 0 Å². The molecule has 0 saturated carbocycles. The quantitative estimate of drug-likeness (QED) is 0.167. The molecule has 0 bridgehead atoms. The predicted octanol–water partition coefficient (Wildman–Crippen LogP) is 13.2. The second-order valence-corrected chi connectivity index (χ2v) is 17.2. The molecule has 2 aliphatic carbocycles. The third-order valence-corrected chi connectivity index (χ3v) is 13.9. The van der Waals surface area contributed by atoms with E-state index in [0.29, 0.717) is 5.82 Å². The predicted molar refractivity (Wildman–Crippen MR) is 251 cm³/mol. The van der Waals surface area contributed by atoms with Gasteiger partial charge in [0.15, 0.2) is 5.82 Å². The van der Waals surface area contributed by atoms with Crippen LogP contribution in [-0.4, -0.2) is 30.2 Å². The molecule has 12 rings (SSSR count). The fraction of sp³-hybridized carbons (Fsp3) is 0.0536. The molecule has 1 aliphatic heterocycles. The van der Waals surface area contributed by atoms with Crippen molar-refractivity contribution < 1.29 is 0 Å². The Hall–Kier alpha value is -7.54. The molecule has 5 aromatic carbocycles. The van der Waals surface area contributed by atoms with E-state index in [1.165, 1.54) is 32.7 Å². The molecule has 0 fully saturated rings. The van der Waals surface area contributed by atoms with Crippen LogP contribution in [0.3, 0.4) is 0 Å². The van der Waals surface area contributed by atoms with Crippen molar-refractivity contribution in [3.63, 3.8) is 0 Å². The largest absolute Gasteiger partial charge is 0.264 e. The minimum Gasteiger partial charge on any atom is -0.264 e. The van der Waals surface area contributed by atoms with Crippen LogP contribution >= 0.6 is 11.8 Å².